The Morgan fingerprint density at radius 3 is 2.75 bits per heavy atom. The van der Waals surface area contributed by atoms with Gasteiger partial charge >= 0.3 is 0 Å². The van der Waals surface area contributed by atoms with Gasteiger partial charge in [-0.25, -0.2) is 4.98 Å². The zero-order chi connectivity index (χ0) is 14.5. The molecule has 2 aromatic rings. The molecule has 2 rings (SSSR count). The van der Waals surface area contributed by atoms with Gasteiger partial charge in [-0.3, -0.25) is 9.78 Å². The fourth-order valence-corrected chi connectivity index (χ4v) is 1.58. The van der Waals surface area contributed by atoms with Gasteiger partial charge in [0.05, 0.1) is 17.6 Å². The molecule has 1 amide bonds. The SMILES string of the molecule is C/C(=N/O)c1cccc(NC(=O)c2cnc(C)cn2)c1. The monoisotopic (exact) mass is 270 g/mol. The molecule has 0 radical (unpaired) electrons. The molecule has 0 unspecified atom stereocenters. The first kappa shape index (κ1) is 13.7. The first-order chi connectivity index (χ1) is 9.60. The lowest BCUT2D eigenvalue weighted by Crippen LogP contribution is -2.14. The van der Waals surface area contributed by atoms with Crippen molar-refractivity contribution in [2.75, 3.05) is 5.32 Å². The van der Waals surface area contributed by atoms with Crippen molar-refractivity contribution in [2.45, 2.75) is 13.8 Å². The van der Waals surface area contributed by atoms with Crippen LogP contribution in [0.25, 0.3) is 0 Å². The summed E-state index contributed by atoms with van der Waals surface area (Å²) in [6, 6.07) is 7.01. The molecule has 6 heteroatoms. The molecule has 0 saturated carbocycles. The van der Waals surface area contributed by atoms with Crippen molar-refractivity contribution in [1.82, 2.24) is 9.97 Å². The predicted octanol–water partition coefficient (Wildman–Crippen LogP) is 2.24. The Labute approximate surface area is 116 Å². The number of carbonyl (C=O) groups excluding carboxylic acids is 1. The van der Waals surface area contributed by atoms with Gasteiger partial charge in [0.2, 0.25) is 0 Å². The molecule has 0 atom stereocenters. The average Bonchev–Trinajstić information content (AvgIpc) is 2.47. The van der Waals surface area contributed by atoms with Crippen molar-refractivity contribution < 1.29 is 10.0 Å². The van der Waals surface area contributed by atoms with Crippen LogP contribution >= 0.6 is 0 Å². The summed E-state index contributed by atoms with van der Waals surface area (Å²) < 4.78 is 0. The Morgan fingerprint density at radius 1 is 1.30 bits per heavy atom. The minimum atomic E-state index is -0.340. The Balaban J connectivity index is 2.17. The Morgan fingerprint density at radius 2 is 2.10 bits per heavy atom. The minimum Gasteiger partial charge on any atom is -0.411 e. The maximum Gasteiger partial charge on any atom is 0.275 e. The molecule has 0 aliphatic rings. The van der Waals surface area contributed by atoms with E-state index in [0.29, 0.717) is 11.4 Å². The van der Waals surface area contributed by atoms with E-state index in [2.05, 4.69) is 20.4 Å². The lowest BCUT2D eigenvalue weighted by atomic mass is 10.1. The van der Waals surface area contributed by atoms with Crippen LogP contribution in [-0.2, 0) is 0 Å². The normalized spacial score (nSPS) is 11.2. The lowest BCUT2D eigenvalue weighted by molar-refractivity contribution is 0.102. The first-order valence-corrected chi connectivity index (χ1v) is 5.99. The number of aryl methyl sites for hydroxylation is 1. The standard InChI is InChI=1S/C14H14N4O2/c1-9-7-16-13(8-15-9)14(19)17-12-5-3-4-11(6-12)10(2)18-20/h3-8,20H,1-2H3,(H,17,19)/b18-10-. The number of hydrogen-bond acceptors (Lipinski definition) is 5. The number of nitrogens with zero attached hydrogens (tertiary/aromatic N) is 3. The van der Waals surface area contributed by atoms with Crippen molar-refractivity contribution in [1.29, 1.82) is 0 Å². The number of amides is 1. The number of benzene rings is 1. The Kier molecular flexibility index (Phi) is 4.05. The maximum absolute atomic E-state index is 12.0. The van der Waals surface area contributed by atoms with Gasteiger partial charge in [0, 0.05) is 17.4 Å². The summed E-state index contributed by atoms with van der Waals surface area (Å²) in [5, 5.41) is 14.6. The van der Waals surface area contributed by atoms with E-state index in [9.17, 15) is 4.79 Å². The molecular weight excluding hydrogens is 256 g/mol. The molecule has 6 nitrogen and oxygen atoms in total. The van der Waals surface area contributed by atoms with Crippen molar-refractivity contribution in [2.24, 2.45) is 5.16 Å². The number of oxime groups is 1. The molecule has 0 saturated heterocycles. The van der Waals surface area contributed by atoms with Gasteiger partial charge in [-0.05, 0) is 26.0 Å². The number of nitrogens with one attached hydrogen (secondary N) is 1. The smallest absolute Gasteiger partial charge is 0.275 e. The van der Waals surface area contributed by atoms with Crippen LogP contribution in [0, 0.1) is 6.92 Å². The number of anilines is 1. The average molecular weight is 270 g/mol. The van der Waals surface area contributed by atoms with E-state index in [1.54, 1.807) is 38.1 Å². The van der Waals surface area contributed by atoms with Gasteiger partial charge in [-0.2, -0.15) is 0 Å². The molecule has 0 aliphatic carbocycles. The minimum absolute atomic E-state index is 0.244. The molecule has 0 fully saturated rings. The van der Waals surface area contributed by atoms with Gasteiger partial charge in [-0.15, -0.1) is 0 Å². The number of aromatic nitrogens is 2. The molecule has 2 N–H and O–H groups in total. The highest BCUT2D eigenvalue weighted by atomic mass is 16.4. The van der Waals surface area contributed by atoms with Gasteiger partial charge in [0.15, 0.2) is 0 Å². The Bertz CT molecular complexity index is 650. The van der Waals surface area contributed by atoms with E-state index in [-0.39, 0.29) is 11.6 Å². The number of hydrogen-bond donors (Lipinski definition) is 2. The molecule has 1 aromatic heterocycles. The van der Waals surface area contributed by atoms with Crippen LogP contribution in [0.1, 0.15) is 28.7 Å². The van der Waals surface area contributed by atoms with Gasteiger partial charge in [0.25, 0.3) is 5.91 Å². The van der Waals surface area contributed by atoms with Crippen LogP contribution in [0.15, 0.2) is 41.8 Å². The molecule has 0 spiro atoms. The second-order valence-electron chi connectivity index (χ2n) is 4.26. The summed E-state index contributed by atoms with van der Waals surface area (Å²) in [6.45, 7) is 3.47. The third kappa shape index (κ3) is 3.17. The topological polar surface area (TPSA) is 87.5 Å². The van der Waals surface area contributed by atoms with E-state index in [1.165, 1.54) is 12.4 Å². The second-order valence-corrected chi connectivity index (χ2v) is 4.26. The van der Waals surface area contributed by atoms with Gasteiger partial charge < -0.3 is 10.5 Å². The highest BCUT2D eigenvalue weighted by molar-refractivity contribution is 6.04. The largest absolute Gasteiger partial charge is 0.411 e. The summed E-state index contributed by atoms with van der Waals surface area (Å²) in [4.78, 5) is 20.0. The van der Waals surface area contributed by atoms with Crippen molar-refractivity contribution in [3.05, 3.63) is 53.6 Å². The maximum atomic E-state index is 12.0. The molecule has 0 bridgehead atoms. The highest BCUT2D eigenvalue weighted by Gasteiger charge is 2.08. The zero-order valence-electron chi connectivity index (χ0n) is 11.2. The summed E-state index contributed by atoms with van der Waals surface area (Å²) in [5.41, 5.74) is 2.78. The molecule has 20 heavy (non-hydrogen) atoms. The molecule has 1 heterocycles. The molecule has 0 aliphatic heterocycles. The van der Waals surface area contributed by atoms with Crippen LogP contribution in [0.3, 0.4) is 0 Å². The molecule has 1 aromatic carbocycles. The third-order valence-electron chi connectivity index (χ3n) is 2.70. The Hall–Kier alpha value is -2.76. The van der Waals surface area contributed by atoms with Crippen molar-refractivity contribution >= 4 is 17.3 Å². The highest BCUT2D eigenvalue weighted by Crippen LogP contribution is 2.12. The van der Waals surface area contributed by atoms with E-state index in [4.69, 9.17) is 5.21 Å². The number of carbonyl (C=O) groups is 1. The van der Waals surface area contributed by atoms with E-state index in [0.717, 1.165) is 11.3 Å². The quantitative estimate of drug-likeness (QED) is 0.508. The van der Waals surface area contributed by atoms with Crippen LogP contribution in [0.5, 0.6) is 0 Å². The fourth-order valence-electron chi connectivity index (χ4n) is 1.58. The second kappa shape index (κ2) is 5.92. The van der Waals surface area contributed by atoms with Gasteiger partial charge in [-0.1, -0.05) is 17.3 Å². The summed E-state index contributed by atoms with van der Waals surface area (Å²) in [7, 11) is 0. The molecular formula is C14H14N4O2. The summed E-state index contributed by atoms with van der Waals surface area (Å²) >= 11 is 0. The van der Waals surface area contributed by atoms with Crippen molar-refractivity contribution in [3.63, 3.8) is 0 Å². The number of rotatable bonds is 3. The van der Waals surface area contributed by atoms with Crippen LogP contribution in [-0.4, -0.2) is 26.8 Å². The first-order valence-electron chi connectivity index (χ1n) is 5.99. The third-order valence-corrected chi connectivity index (χ3v) is 2.70. The fraction of sp³-hybridized carbons (Fsp3) is 0.143. The summed E-state index contributed by atoms with van der Waals surface area (Å²) in [5.74, 6) is -0.340. The lowest BCUT2D eigenvalue weighted by Gasteiger charge is -2.06. The van der Waals surface area contributed by atoms with E-state index in [1.807, 2.05) is 0 Å². The van der Waals surface area contributed by atoms with Crippen LogP contribution < -0.4 is 5.32 Å². The van der Waals surface area contributed by atoms with E-state index < -0.39 is 0 Å². The van der Waals surface area contributed by atoms with Crippen molar-refractivity contribution in [3.8, 4) is 0 Å². The summed E-state index contributed by atoms with van der Waals surface area (Å²) in [6.07, 6.45) is 2.96. The zero-order valence-corrected chi connectivity index (χ0v) is 11.2. The predicted molar refractivity (Wildman–Crippen MR) is 75.2 cm³/mol. The van der Waals surface area contributed by atoms with Crippen LogP contribution in [0.4, 0.5) is 5.69 Å². The van der Waals surface area contributed by atoms with Crippen LogP contribution in [0.2, 0.25) is 0 Å². The molecule has 102 valence electrons. The van der Waals surface area contributed by atoms with E-state index >= 15 is 0 Å². The van der Waals surface area contributed by atoms with Gasteiger partial charge in [0.1, 0.15) is 5.69 Å².